The number of thioether (sulfide) groups is 1. The first kappa shape index (κ1) is 16.1. The third kappa shape index (κ3) is 3.75. The number of primary amides is 1. The Morgan fingerprint density at radius 3 is 2.46 bits per heavy atom. The fraction of sp³-hybridized carbons (Fsp3) is 0.118. The Morgan fingerprint density at radius 2 is 1.83 bits per heavy atom. The summed E-state index contributed by atoms with van der Waals surface area (Å²) in [4.78, 5) is 11.0. The van der Waals surface area contributed by atoms with Gasteiger partial charge in [0.15, 0.2) is 0 Å². The molecule has 1 heterocycles. The van der Waals surface area contributed by atoms with Crippen LogP contribution in [0.3, 0.4) is 0 Å². The van der Waals surface area contributed by atoms with Crippen LogP contribution in [0.15, 0.2) is 58.2 Å². The summed E-state index contributed by atoms with van der Waals surface area (Å²) in [6, 6.07) is 14.5. The Labute approximate surface area is 143 Å². The van der Waals surface area contributed by atoms with Crippen LogP contribution in [-0.4, -0.2) is 23.2 Å². The van der Waals surface area contributed by atoms with Gasteiger partial charge in [-0.05, 0) is 42.0 Å². The number of benzene rings is 2. The number of carbonyl (C=O) groups is 1. The van der Waals surface area contributed by atoms with Crippen LogP contribution in [0.1, 0.15) is 15.9 Å². The molecule has 1 aromatic heterocycles. The number of rotatable bonds is 6. The number of ether oxygens (including phenoxy) is 1. The van der Waals surface area contributed by atoms with Gasteiger partial charge in [0.05, 0.1) is 7.11 Å². The molecule has 2 N–H and O–H groups in total. The second-order valence-corrected chi connectivity index (χ2v) is 5.88. The lowest BCUT2D eigenvalue weighted by Crippen LogP contribution is -2.10. The van der Waals surface area contributed by atoms with Crippen molar-refractivity contribution in [3.8, 4) is 17.2 Å². The average molecular weight is 341 g/mol. The van der Waals surface area contributed by atoms with Crippen molar-refractivity contribution < 1.29 is 13.9 Å². The molecule has 0 radical (unpaired) electrons. The van der Waals surface area contributed by atoms with Crippen molar-refractivity contribution in [3.05, 3.63) is 59.7 Å². The van der Waals surface area contributed by atoms with Gasteiger partial charge < -0.3 is 14.9 Å². The van der Waals surface area contributed by atoms with E-state index in [0.717, 1.165) is 16.9 Å². The predicted octanol–water partition coefficient (Wildman–Crippen LogP) is 3.14. The van der Waals surface area contributed by atoms with E-state index in [1.54, 1.807) is 19.2 Å². The molecule has 1 amide bonds. The number of carbonyl (C=O) groups excluding carboxylic acids is 1. The smallest absolute Gasteiger partial charge is 0.277 e. The molecule has 3 aromatic rings. The molecule has 122 valence electrons. The Hall–Kier alpha value is -2.80. The van der Waals surface area contributed by atoms with E-state index in [1.807, 2.05) is 36.4 Å². The van der Waals surface area contributed by atoms with E-state index < -0.39 is 5.91 Å². The SMILES string of the molecule is COc1ccc(-c2nnc(SCc3ccc(C(N)=O)cc3)o2)cc1. The predicted molar refractivity (Wildman–Crippen MR) is 90.8 cm³/mol. The molecule has 0 saturated heterocycles. The summed E-state index contributed by atoms with van der Waals surface area (Å²) >= 11 is 1.43. The van der Waals surface area contributed by atoms with Crippen LogP contribution in [0.25, 0.3) is 11.5 Å². The van der Waals surface area contributed by atoms with Crippen molar-refractivity contribution in [2.75, 3.05) is 7.11 Å². The van der Waals surface area contributed by atoms with Crippen molar-refractivity contribution in [1.82, 2.24) is 10.2 Å². The quantitative estimate of drug-likeness (QED) is 0.693. The first-order chi connectivity index (χ1) is 11.7. The van der Waals surface area contributed by atoms with Crippen molar-refractivity contribution in [2.45, 2.75) is 11.0 Å². The molecular formula is C17H15N3O3S. The molecule has 0 saturated carbocycles. The lowest BCUT2D eigenvalue weighted by atomic mass is 10.1. The number of nitrogens with two attached hydrogens (primary N) is 1. The molecule has 0 spiro atoms. The van der Waals surface area contributed by atoms with E-state index in [2.05, 4.69) is 10.2 Å². The van der Waals surface area contributed by atoms with E-state index in [9.17, 15) is 4.79 Å². The van der Waals surface area contributed by atoms with Crippen LogP contribution in [0.5, 0.6) is 5.75 Å². The highest BCUT2D eigenvalue weighted by Gasteiger charge is 2.09. The largest absolute Gasteiger partial charge is 0.497 e. The standard InChI is InChI=1S/C17H15N3O3S/c1-22-14-8-6-13(7-9-14)16-19-20-17(23-16)24-10-11-2-4-12(5-3-11)15(18)21/h2-9H,10H2,1H3,(H2,18,21). The minimum absolute atomic E-state index is 0.435. The highest BCUT2D eigenvalue weighted by molar-refractivity contribution is 7.98. The third-order valence-electron chi connectivity index (χ3n) is 3.34. The third-order valence-corrected chi connectivity index (χ3v) is 4.23. The number of amides is 1. The number of nitrogens with zero attached hydrogens (tertiary/aromatic N) is 2. The normalized spacial score (nSPS) is 10.5. The van der Waals surface area contributed by atoms with Crippen LogP contribution in [0, 0.1) is 0 Å². The van der Waals surface area contributed by atoms with E-state index in [0.29, 0.717) is 22.4 Å². The highest BCUT2D eigenvalue weighted by atomic mass is 32.2. The Bertz CT molecular complexity index is 829. The Balaban J connectivity index is 1.64. The van der Waals surface area contributed by atoms with Gasteiger partial charge in [0.2, 0.25) is 11.8 Å². The van der Waals surface area contributed by atoms with E-state index in [4.69, 9.17) is 14.9 Å². The first-order valence-electron chi connectivity index (χ1n) is 7.15. The minimum Gasteiger partial charge on any atom is -0.497 e. The van der Waals surface area contributed by atoms with Crippen LogP contribution in [0.2, 0.25) is 0 Å². The van der Waals surface area contributed by atoms with Gasteiger partial charge in [0.25, 0.3) is 5.22 Å². The second kappa shape index (κ2) is 7.18. The molecule has 24 heavy (non-hydrogen) atoms. The molecule has 0 bridgehead atoms. The summed E-state index contributed by atoms with van der Waals surface area (Å²) in [5.41, 5.74) is 7.58. The van der Waals surface area contributed by atoms with Crippen LogP contribution in [-0.2, 0) is 5.75 Å². The maximum absolute atomic E-state index is 11.0. The van der Waals surface area contributed by atoms with Crippen LogP contribution in [0.4, 0.5) is 0 Å². The fourth-order valence-corrected chi connectivity index (χ4v) is 2.75. The zero-order chi connectivity index (χ0) is 16.9. The van der Waals surface area contributed by atoms with Crippen molar-refractivity contribution in [3.63, 3.8) is 0 Å². The molecule has 0 aliphatic rings. The summed E-state index contributed by atoms with van der Waals surface area (Å²) in [7, 11) is 1.62. The van der Waals surface area contributed by atoms with Gasteiger partial charge in [0.1, 0.15) is 5.75 Å². The number of methoxy groups -OCH3 is 1. The van der Waals surface area contributed by atoms with Crippen molar-refractivity contribution in [1.29, 1.82) is 0 Å². The summed E-state index contributed by atoms with van der Waals surface area (Å²) < 4.78 is 10.8. The van der Waals surface area contributed by atoms with E-state index >= 15 is 0 Å². The van der Waals surface area contributed by atoms with Crippen LogP contribution >= 0.6 is 11.8 Å². The lowest BCUT2D eigenvalue weighted by molar-refractivity contribution is 0.100. The summed E-state index contributed by atoms with van der Waals surface area (Å²) in [5, 5.41) is 8.57. The van der Waals surface area contributed by atoms with Gasteiger partial charge in [-0.25, -0.2) is 0 Å². The Morgan fingerprint density at radius 1 is 1.12 bits per heavy atom. The van der Waals surface area contributed by atoms with Gasteiger partial charge in [-0.15, -0.1) is 10.2 Å². The molecule has 0 aliphatic heterocycles. The molecule has 0 unspecified atom stereocenters. The summed E-state index contributed by atoms with van der Waals surface area (Å²) in [6.45, 7) is 0. The molecule has 6 nitrogen and oxygen atoms in total. The molecule has 0 fully saturated rings. The zero-order valence-electron chi connectivity index (χ0n) is 12.9. The number of aromatic nitrogens is 2. The molecule has 2 aromatic carbocycles. The molecular weight excluding hydrogens is 326 g/mol. The van der Waals surface area contributed by atoms with Gasteiger partial charge in [-0.1, -0.05) is 23.9 Å². The van der Waals surface area contributed by atoms with E-state index in [-0.39, 0.29) is 0 Å². The maximum Gasteiger partial charge on any atom is 0.277 e. The molecule has 0 atom stereocenters. The maximum atomic E-state index is 11.0. The van der Waals surface area contributed by atoms with Crippen molar-refractivity contribution >= 4 is 17.7 Å². The zero-order valence-corrected chi connectivity index (χ0v) is 13.7. The van der Waals surface area contributed by atoms with Gasteiger partial charge in [0, 0.05) is 16.9 Å². The average Bonchev–Trinajstić information content (AvgIpc) is 3.09. The van der Waals surface area contributed by atoms with Gasteiger partial charge in [-0.3, -0.25) is 4.79 Å². The summed E-state index contributed by atoms with van der Waals surface area (Å²) in [6.07, 6.45) is 0. The van der Waals surface area contributed by atoms with Gasteiger partial charge >= 0.3 is 0 Å². The first-order valence-corrected chi connectivity index (χ1v) is 8.14. The Kier molecular flexibility index (Phi) is 4.81. The molecule has 7 heteroatoms. The number of hydrogen-bond acceptors (Lipinski definition) is 6. The number of hydrogen-bond donors (Lipinski definition) is 1. The lowest BCUT2D eigenvalue weighted by Gasteiger charge is -2.00. The van der Waals surface area contributed by atoms with Crippen LogP contribution < -0.4 is 10.5 Å². The second-order valence-electron chi connectivity index (χ2n) is 4.95. The monoisotopic (exact) mass is 341 g/mol. The minimum atomic E-state index is -0.435. The molecule has 3 rings (SSSR count). The van der Waals surface area contributed by atoms with Crippen molar-refractivity contribution in [2.24, 2.45) is 5.73 Å². The highest BCUT2D eigenvalue weighted by Crippen LogP contribution is 2.26. The molecule has 0 aliphatic carbocycles. The summed E-state index contributed by atoms with van der Waals surface area (Å²) in [5.74, 6) is 1.45. The van der Waals surface area contributed by atoms with Gasteiger partial charge in [-0.2, -0.15) is 0 Å². The topological polar surface area (TPSA) is 91.2 Å². The fourth-order valence-electron chi connectivity index (χ4n) is 2.03. The van der Waals surface area contributed by atoms with E-state index in [1.165, 1.54) is 11.8 Å².